The van der Waals surface area contributed by atoms with Gasteiger partial charge in [0.2, 0.25) is 5.78 Å². The maximum absolute atomic E-state index is 6.72. The summed E-state index contributed by atoms with van der Waals surface area (Å²) >= 11 is 0. The van der Waals surface area contributed by atoms with E-state index in [1.165, 1.54) is 5.56 Å². The van der Waals surface area contributed by atoms with Crippen molar-refractivity contribution in [1.29, 1.82) is 0 Å². The summed E-state index contributed by atoms with van der Waals surface area (Å²) in [7, 11) is 0. The lowest BCUT2D eigenvalue weighted by Crippen LogP contribution is -2.29. The fraction of sp³-hybridized carbons (Fsp3) is 0.0976. The molecule has 5 aromatic carbocycles. The molecule has 0 saturated carbocycles. The van der Waals surface area contributed by atoms with Gasteiger partial charge in [0.25, 0.3) is 6.33 Å². The van der Waals surface area contributed by atoms with E-state index in [9.17, 15) is 0 Å². The lowest BCUT2D eigenvalue weighted by Gasteiger charge is -2.18. The van der Waals surface area contributed by atoms with Crippen molar-refractivity contribution < 1.29 is 9.30 Å². The second-order valence-corrected chi connectivity index (χ2v) is 13.4. The van der Waals surface area contributed by atoms with E-state index >= 15 is 0 Å². The molecule has 0 aliphatic rings. The third kappa shape index (κ3) is 3.78. The Morgan fingerprint density at radius 2 is 1.48 bits per heavy atom. The van der Waals surface area contributed by atoms with Crippen LogP contribution in [0.5, 0.6) is 11.5 Å². The Bertz CT molecular complexity index is 2850. The zero-order chi connectivity index (χ0) is 32.1. The molecule has 0 aliphatic heterocycles. The van der Waals surface area contributed by atoms with E-state index < -0.39 is 0 Å². The van der Waals surface area contributed by atoms with Gasteiger partial charge in [-0.15, -0.1) is 0 Å². The van der Waals surface area contributed by atoms with Crippen LogP contribution in [0.25, 0.3) is 66.7 Å². The van der Waals surface area contributed by atoms with Gasteiger partial charge in [0, 0.05) is 23.0 Å². The van der Waals surface area contributed by atoms with Crippen molar-refractivity contribution in [3.05, 3.63) is 139 Å². The number of para-hydroxylation sites is 4. The molecule has 0 saturated heterocycles. The summed E-state index contributed by atoms with van der Waals surface area (Å²) in [5.41, 5.74) is 10.3. The van der Waals surface area contributed by atoms with Gasteiger partial charge in [0.1, 0.15) is 17.0 Å². The number of ether oxygens (including phenoxy) is 1. The molecular formula is C41H30N6O. The number of hydrogen-bond donors (Lipinski definition) is 0. The number of benzene rings is 5. The Labute approximate surface area is 275 Å². The van der Waals surface area contributed by atoms with Crippen LogP contribution in [-0.2, 0) is 5.41 Å². The monoisotopic (exact) mass is 622 g/mol. The quantitative estimate of drug-likeness (QED) is 0.145. The molecule has 0 N–H and O–H groups in total. The largest absolute Gasteiger partial charge is 0.458 e. The molecule has 0 fully saturated rings. The summed E-state index contributed by atoms with van der Waals surface area (Å²) in [6.07, 6.45) is 5.48. The first-order valence-electron chi connectivity index (χ1n) is 16.2. The molecule has 0 atom stereocenters. The number of nitrogens with zero attached hydrogens (tertiary/aromatic N) is 6. The van der Waals surface area contributed by atoms with E-state index in [2.05, 4.69) is 136 Å². The minimum absolute atomic E-state index is 0.0768. The topological polar surface area (TPSA) is 52.6 Å². The molecule has 230 valence electrons. The molecule has 7 nitrogen and oxygen atoms in total. The van der Waals surface area contributed by atoms with E-state index in [0.717, 1.165) is 78.2 Å². The van der Waals surface area contributed by atoms with Crippen LogP contribution in [-0.4, -0.2) is 23.3 Å². The third-order valence-electron chi connectivity index (χ3n) is 9.39. The molecule has 5 heterocycles. The fourth-order valence-electron chi connectivity index (χ4n) is 7.27. The van der Waals surface area contributed by atoms with Crippen LogP contribution in [0.15, 0.2) is 128 Å². The zero-order valence-corrected chi connectivity index (χ0v) is 26.7. The molecule has 7 heteroatoms. The summed E-state index contributed by atoms with van der Waals surface area (Å²) in [6, 6.07) is 41.7. The molecule has 0 bridgehead atoms. The van der Waals surface area contributed by atoms with Gasteiger partial charge in [-0.3, -0.25) is 17.9 Å². The highest BCUT2D eigenvalue weighted by molar-refractivity contribution is 6.16. The van der Waals surface area contributed by atoms with Crippen molar-refractivity contribution >= 4 is 55.3 Å². The van der Waals surface area contributed by atoms with Crippen molar-refractivity contribution in [2.45, 2.75) is 26.2 Å². The Hall–Kier alpha value is -6.21. The zero-order valence-electron chi connectivity index (χ0n) is 26.7. The Balaban J connectivity index is 1.16. The predicted octanol–water partition coefficient (Wildman–Crippen LogP) is 8.99. The molecule has 10 aromatic rings. The smallest absolute Gasteiger partial charge is 0.269 e. The van der Waals surface area contributed by atoms with Crippen LogP contribution in [0, 0.1) is 6.33 Å². The van der Waals surface area contributed by atoms with Crippen LogP contribution in [0.2, 0.25) is 0 Å². The summed E-state index contributed by atoms with van der Waals surface area (Å²) in [5, 5.41) is 2.28. The first kappa shape index (κ1) is 27.0. The highest BCUT2D eigenvalue weighted by Gasteiger charge is 2.26. The summed E-state index contributed by atoms with van der Waals surface area (Å²) in [4.78, 5) is 10.1. The van der Waals surface area contributed by atoms with Crippen molar-refractivity contribution in [2.75, 3.05) is 0 Å². The maximum Gasteiger partial charge on any atom is 0.269 e. The summed E-state index contributed by atoms with van der Waals surface area (Å²) in [5.74, 6) is 2.35. The molecular weight excluding hydrogens is 592 g/mol. The number of pyridine rings is 1. The number of aromatic nitrogens is 6. The number of imidazole rings is 3. The van der Waals surface area contributed by atoms with Gasteiger partial charge >= 0.3 is 0 Å². The highest BCUT2D eigenvalue weighted by atomic mass is 16.5. The van der Waals surface area contributed by atoms with Gasteiger partial charge in [0.15, 0.2) is 5.65 Å². The number of fused-ring (bicyclic) bond motifs is 9. The fourth-order valence-corrected chi connectivity index (χ4v) is 7.27. The van der Waals surface area contributed by atoms with Crippen LogP contribution in [0.3, 0.4) is 0 Å². The van der Waals surface area contributed by atoms with E-state index in [0.29, 0.717) is 0 Å². The first-order valence-corrected chi connectivity index (χ1v) is 16.2. The van der Waals surface area contributed by atoms with E-state index in [1.54, 1.807) is 0 Å². The Morgan fingerprint density at radius 1 is 0.688 bits per heavy atom. The molecule has 0 radical (unpaired) electrons. The minimum Gasteiger partial charge on any atom is -0.458 e. The van der Waals surface area contributed by atoms with E-state index in [4.69, 9.17) is 14.7 Å². The SMILES string of the molecule is CC(C)(C)c1ccnc2c1nc1n2c2cc(Oc3cccc(-n4[c-][n+](-c5ccccc5)c5ccccc54)c3)cc3c4ccccc4n1c32. The Kier molecular flexibility index (Phi) is 5.42. The van der Waals surface area contributed by atoms with E-state index in [-0.39, 0.29) is 5.41 Å². The number of rotatable bonds is 4. The summed E-state index contributed by atoms with van der Waals surface area (Å²) in [6.45, 7) is 6.66. The minimum atomic E-state index is -0.0768. The molecule has 0 aliphatic carbocycles. The van der Waals surface area contributed by atoms with Crippen molar-refractivity contribution in [3.8, 4) is 22.9 Å². The summed E-state index contributed by atoms with van der Waals surface area (Å²) < 4.78 is 15.4. The lowest BCUT2D eigenvalue weighted by atomic mass is 9.87. The molecule has 10 rings (SSSR count). The van der Waals surface area contributed by atoms with Crippen LogP contribution >= 0.6 is 0 Å². The molecule has 5 aromatic heterocycles. The Morgan fingerprint density at radius 3 is 2.33 bits per heavy atom. The van der Waals surface area contributed by atoms with Crippen molar-refractivity contribution in [2.24, 2.45) is 0 Å². The van der Waals surface area contributed by atoms with Crippen molar-refractivity contribution in [1.82, 2.24) is 23.3 Å². The van der Waals surface area contributed by atoms with Gasteiger partial charge in [-0.05, 0) is 59.5 Å². The average molecular weight is 623 g/mol. The second kappa shape index (κ2) is 9.65. The van der Waals surface area contributed by atoms with E-state index in [1.807, 2.05) is 36.5 Å². The van der Waals surface area contributed by atoms with Gasteiger partial charge in [-0.1, -0.05) is 87.5 Å². The normalized spacial score (nSPS) is 12.5. The average Bonchev–Trinajstić information content (AvgIpc) is 3.84. The van der Waals surface area contributed by atoms with Gasteiger partial charge < -0.3 is 4.74 Å². The van der Waals surface area contributed by atoms with Crippen LogP contribution < -0.4 is 9.30 Å². The maximum atomic E-state index is 6.72. The van der Waals surface area contributed by atoms with Gasteiger partial charge in [0.05, 0.1) is 39.0 Å². The molecule has 0 spiro atoms. The van der Waals surface area contributed by atoms with Crippen molar-refractivity contribution in [3.63, 3.8) is 0 Å². The predicted molar refractivity (Wildman–Crippen MR) is 190 cm³/mol. The molecule has 48 heavy (non-hydrogen) atoms. The second-order valence-electron chi connectivity index (χ2n) is 13.4. The molecule has 0 unspecified atom stereocenters. The standard InChI is InChI=1S/C41H30N6O/c1-41(2,3)32-20-21-42-39-37(32)43-40-46-33-17-8-7-16-30(33)31-23-29(24-36(38(31)46)47(39)40)48-28-15-11-14-27(22-28)45-25-44(26-12-5-4-6-13-26)34-18-9-10-19-35(34)45/h4-24H,1-3H3. The lowest BCUT2D eigenvalue weighted by molar-refractivity contribution is -0.572. The first-order chi connectivity index (χ1) is 23.4. The third-order valence-corrected chi connectivity index (χ3v) is 9.39. The number of hydrogen-bond acceptors (Lipinski definition) is 3. The molecule has 0 amide bonds. The highest BCUT2D eigenvalue weighted by Crippen LogP contribution is 2.41. The van der Waals surface area contributed by atoms with Crippen LogP contribution in [0.1, 0.15) is 26.3 Å². The van der Waals surface area contributed by atoms with Gasteiger partial charge in [-0.2, -0.15) is 0 Å². The van der Waals surface area contributed by atoms with Crippen LogP contribution in [0.4, 0.5) is 0 Å². The van der Waals surface area contributed by atoms with Gasteiger partial charge in [-0.25, -0.2) is 9.97 Å².